The molecule has 90 valence electrons. The molecule has 2 rings (SSSR count). The van der Waals surface area contributed by atoms with E-state index in [2.05, 4.69) is 14.8 Å². The van der Waals surface area contributed by atoms with Crippen LogP contribution < -0.4 is 0 Å². The molecule has 2 aromatic heterocycles. The van der Waals surface area contributed by atoms with Crippen LogP contribution in [0.25, 0.3) is 5.13 Å². The summed E-state index contributed by atoms with van der Waals surface area (Å²) in [7, 11) is 1.31. The minimum Gasteiger partial charge on any atom is -0.465 e. The minimum atomic E-state index is -0.486. The molecule has 0 saturated carbocycles. The number of aryl methyl sites for hydroxylation is 2. The van der Waals surface area contributed by atoms with Crippen LogP contribution in [0.3, 0.4) is 0 Å². The first-order chi connectivity index (χ1) is 8.02. The van der Waals surface area contributed by atoms with Crippen molar-refractivity contribution in [1.29, 1.82) is 0 Å². The predicted octanol–water partition coefficient (Wildman–Crippen LogP) is 2.39. The van der Waals surface area contributed by atoms with Crippen LogP contribution in [-0.4, -0.2) is 27.8 Å². The molecular formula is C10H10ClN3O2S. The molecule has 0 aliphatic carbocycles. The highest BCUT2D eigenvalue weighted by atomic mass is 35.5. The van der Waals surface area contributed by atoms with Gasteiger partial charge in [0.15, 0.2) is 10.0 Å². The first-order valence-corrected chi connectivity index (χ1v) is 6.00. The van der Waals surface area contributed by atoms with E-state index in [0.29, 0.717) is 5.13 Å². The molecule has 0 unspecified atom stereocenters. The van der Waals surface area contributed by atoms with Crippen LogP contribution in [0.2, 0.25) is 5.15 Å². The number of nitrogens with zero attached hydrogens (tertiary/aromatic N) is 3. The zero-order valence-corrected chi connectivity index (χ0v) is 11.1. The first-order valence-electron chi connectivity index (χ1n) is 4.81. The summed E-state index contributed by atoms with van der Waals surface area (Å²) in [6.45, 7) is 3.80. The topological polar surface area (TPSA) is 57.0 Å². The van der Waals surface area contributed by atoms with E-state index in [4.69, 9.17) is 11.6 Å². The summed E-state index contributed by atoms with van der Waals surface area (Å²) < 4.78 is 6.27. The smallest absolute Gasteiger partial charge is 0.351 e. The number of esters is 1. The highest BCUT2D eigenvalue weighted by molar-refractivity contribution is 7.16. The third-order valence-corrected chi connectivity index (χ3v) is 3.53. The average Bonchev–Trinajstić information content (AvgIpc) is 2.80. The molecule has 5 nitrogen and oxygen atoms in total. The molecule has 2 aromatic rings. The normalized spacial score (nSPS) is 10.6. The van der Waals surface area contributed by atoms with Crippen molar-refractivity contribution < 1.29 is 9.53 Å². The molecule has 0 spiro atoms. The zero-order valence-electron chi connectivity index (χ0n) is 9.52. The number of carbonyl (C=O) groups is 1. The van der Waals surface area contributed by atoms with Crippen molar-refractivity contribution in [3.05, 3.63) is 27.5 Å². The Balaban J connectivity index is 2.48. The maximum absolute atomic E-state index is 11.4. The quantitative estimate of drug-likeness (QED) is 0.787. The molecule has 0 aromatic carbocycles. The van der Waals surface area contributed by atoms with E-state index in [9.17, 15) is 4.79 Å². The first kappa shape index (κ1) is 12.1. The third kappa shape index (κ3) is 2.18. The highest BCUT2D eigenvalue weighted by Crippen LogP contribution is 2.27. The Bertz CT molecular complexity index is 576. The monoisotopic (exact) mass is 271 g/mol. The van der Waals surface area contributed by atoms with Crippen molar-refractivity contribution in [3.63, 3.8) is 0 Å². The van der Waals surface area contributed by atoms with Gasteiger partial charge in [0, 0.05) is 5.69 Å². The number of carbonyl (C=O) groups excluding carboxylic acids is 1. The minimum absolute atomic E-state index is 0.143. The zero-order chi connectivity index (χ0) is 12.6. The number of hydrogen-bond acceptors (Lipinski definition) is 5. The van der Waals surface area contributed by atoms with Gasteiger partial charge in [-0.25, -0.2) is 14.5 Å². The standard InChI is InChI=1S/C10H10ClN3O2S/c1-5-4-6(2)14(13-5)10-12-8(11)7(17-10)9(15)16-3/h4H,1-3H3. The molecular weight excluding hydrogens is 262 g/mol. The molecule has 0 aliphatic heterocycles. The van der Waals surface area contributed by atoms with Gasteiger partial charge in [0.05, 0.1) is 12.8 Å². The molecule has 0 fully saturated rings. The van der Waals surface area contributed by atoms with Gasteiger partial charge in [-0.1, -0.05) is 22.9 Å². The molecule has 0 aliphatic rings. The third-order valence-electron chi connectivity index (χ3n) is 2.14. The Labute approximate surface area is 107 Å². The number of thiazole rings is 1. The Hall–Kier alpha value is -1.40. The predicted molar refractivity (Wildman–Crippen MR) is 65.1 cm³/mol. The van der Waals surface area contributed by atoms with Gasteiger partial charge in [0.25, 0.3) is 0 Å². The van der Waals surface area contributed by atoms with Crippen LogP contribution in [0.15, 0.2) is 6.07 Å². The second-order valence-corrected chi connectivity index (χ2v) is 4.78. The van der Waals surface area contributed by atoms with E-state index in [1.165, 1.54) is 7.11 Å². The summed E-state index contributed by atoms with van der Waals surface area (Å²) in [5.74, 6) is -0.486. The summed E-state index contributed by atoms with van der Waals surface area (Å²) in [6.07, 6.45) is 0. The fraction of sp³-hybridized carbons (Fsp3) is 0.300. The largest absolute Gasteiger partial charge is 0.465 e. The van der Waals surface area contributed by atoms with E-state index in [0.717, 1.165) is 22.7 Å². The lowest BCUT2D eigenvalue weighted by Crippen LogP contribution is -1.98. The van der Waals surface area contributed by atoms with Crippen molar-refractivity contribution in [2.24, 2.45) is 0 Å². The number of rotatable bonds is 2. The van der Waals surface area contributed by atoms with Gasteiger partial charge in [-0.05, 0) is 19.9 Å². The Morgan fingerprint density at radius 2 is 2.24 bits per heavy atom. The molecule has 7 heteroatoms. The lowest BCUT2D eigenvalue weighted by molar-refractivity contribution is 0.0606. The molecule has 0 atom stereocenters. The van der Waals surface area contributed by atoms with Crippen LogP contribution in [0.4, 0.5) is 0 Å². The van der Waals surface area contributed by atoms with E-state index >= 15 is 0 Å². The summed E-state index contributed by atoms with van der Waals surface area (Å²) in [4.78, 5) is 15.8. The van der Waals surface area contributed by atoms with Gasteiger partial charge in [0.1, 0.15) is 0 Å². The van der Waals surface area contributed by atoms with Gasteiger partial charge in [-0.2, -0.15) is 5.10 Å². The van der Waals surface area contributed by atoms with E-state index in [1.54, 1.807) is 4.68 Å². The van der Waals surface area contributed by atoms with Crippen molar-refractivity contribution in [3.8, 4) is 5.13 Å². The SMILES string of the molecule is COC(=O)c1sc(-n2nc(C)cc2C)nc1Cl. The summed E-state index contributed by atoms with van der Waals surface area (Å²) in [5, 5.41) is 4.97. The summed E-state index contributed by atoms with van der Waals surface area (Å²) in [5.41, 5.74) is 1.82. The molecule has 0 N–H and O–H groups in total. The lowest BCUT2D eigenvalue weighted by Gasteiger charge is -1.96. The van der Waals surface area contributed by atoms with Crippen molar-refractivity contribution >= 4 is 28.9 Å². The second-order valence-electron chi connectivity index (χ2n) is 3.45. The Morgan fingerprint density at radius 3 is 2.76 bits per heavy atom. The van der Waals surface area contributed by atoms with Gasteiger partial charge in [-0.3, -0.25) is 0 Å². The number of halogens is 1. The summed E-state index contributed by atoms with van der Waals surface area (Å²) >= 11 is 7.04. The van der Waals surface area contributed by atoms with Crippen molar-refractivity contribution in [2.45, 2.75) is 13.8 Å². The van der Waals surface area contributed by atoms with Crippen LogP contribution in [0, 0.1) is 13.8 Å². The maximum atomic E-state index is 11.4. The van der Waals surface area contributed by atoms with Crippen molar-refractivity contribution in [2.75, 3.05) is 7.11 Å². The Morgan fingerprint density at radius 1 is 1.53 bits per heavy atom. The number of hydrogen-bond donors (Lipinski definition) is 0. The highest BCUT2D eigenvalue weighted by Gasteiger charge is 2.19. The van der Waals surface area contributed by atoms with E-state index in [-0.39, 0.29) is 10.0 Å². The van der Waals surface area contributed by atoms with Crippen LogP contribution in [0.5, 0.6) is 0 Å². The van der Waals surface area contributed by atoms with Crippen LogP contribution in [0.1, 0.15) is 21.1 Å². The van der Waals surface area contributed by atoms with E-state index < -0.39 is 5.97 Å². The van der Waals surface area contributed by atoms with Gasteiger partial charge < -0.3 is 4.74 Å². The molecule has 0 amide bonds. The number of ether oxygens (including phenoxy) is 1. The number of aromatic nitrogens is 3. The molecule has 0 saturated heterocycles. The second kappa shape index (κ2) is 4.46. The van der Waals surface area contributed by atoms with Crippen LogP contribution >= 0.6 is 22.9 Å². The summed E-state index contributed by atoms with van der Waals surface area (Å²) in [6, 6.07) is 1.92. The molecule has 2 heterocycles. The van der Waals surface area contributed by atoms with Gasteiger partial charge in [0.2, 0.25) is 5.13 Å². The average molecular weight is 272 g/mol. The van der Waals surface area contributed by atoms with Crippen molar-refractivity contribution in [1.82, 2.24) is 14.8 Å². The Kier molecular flexibility index (Phi) is 3.17. The molecule has 17 heavy (non-hydrogen) atoms. The molecule has 0 bridgehead atoms. The van der Waals surface area contributed by atoms with Gasteiger partial charge >= 0.3 is 5.97 Å². The van der Waals surface area contributed by atoms with E-state index in [1.807, 2.05) is 19.9 Å². The van der Waals surface area contributed by atoms with Crippen LogP contribution in [-0.2, 0) is 4.74 Å². The fourth-order valence-corrected chi connectivity index (χ4v) is 2.63. The molecule has 0 radical (unpaired) electrons. The van der Waals surface area contributed by atoms with Gasteiger partial charge in [-0.15, -0.1) is 0 Å². The number of methoxy groups -OCH3 is 1. The maximum Gasteiger partial charge on any atom is 0.351 e. The lowest BCUT2D eigenvalue weighted by atomic mass is 10.4. The fourth-order valence-electron chi connectivity index (χ4n) is 1.42.